The summed E-state index contributed by atoms with van der Waals surface area (Å²) in [4.78, 5) is 41.9. The van der Waals surface area contributed by atoms with E-state index >= 15 is 0 Å². The summed E-state index contributed by atoms with van der Waals surface area (Å²) in [5, 5.41) is 2.32. The highest BCUT2D eigenvalue weighted by Gasteiger charge is 2.32. The molecule has 1 heterocycles. The third-order valence-electron chi connectivity index (χ3n) is 4.64. The van der Waals surface area contributed by atoms with Gasteiger partial charge in [-0.1, -0.05) is 55.9 Å². The number of urea groups is 1. The molecular formula is C23H24N4O4S. The molecule has 0 aromatic heterocycles. The number of nitrogens with two attached hydrogens (primary N) is 1. The monoisotopic (exact) mass is 452 g/mol. The molecule has 1 aliphatic heterocycles. The molecule has 8 nitrogen and oxygen atoms in total. The highest BCUT2D eigenvalue weighted by molar-refractivity contribution is 8.14. The zero-order valence-corrected chi connectivity index (χ0v) is 18.8. The van der Waals surface area contributed by atoms with Gasteiger partial charge in [0.05, 0.1) is 18.6 Å². The van der Waals surface area contributed by atoms with E-state index in [1.165, 1.54) is 17.6 Å². The Bertz CT molecular complexity index is 1090. The average Bonchev–Trinajstić information content (AvgIpc) is 3.07. The molecule has 0 bridgehead atoms. The molecular weight excluding hydrogens is 428 g/mol. The van der Waals surface area contributed by atoms with Gasteiger partial charge in [-0.05, 0) is 35.3 Å². The first-order chi connectivity index (χ1) is 15.3. The maximum absolute atomic E-state index is 13.2. The number of hydrogen-bond acceptors (Lipinski definition) is 6. The van der Waals surface area contributed by atoms with Gasteiger partial charge in [0.1, 0.15) is 11.4 Å². The number of hydrogen-bond donors (Lipinski definition) is 2. The van der Waals surface area contributed by atoms with Gasteiger partial charge in [-0.3, -0.25) is 19.8 Å². The number of carbonyl (C=O) groups excluding carboxylic acids is 3. The number of imide groups is 1. The number of rotatable bonds is 6. The molecule has 2 aromatic carbocycles. The molecule has 0 saturated heterocycles. The Hall–Kier alpha value is -3.59. The van der Waals surface area contributed by atoms with E-state index in [1.54, 1.807) is 30.3 Å². The molecule has 32 heavy (non-hydrogen) atoms. The quantitative estimate of drug-likeness (QED) is 0.651. The SMILES string of the molecule is COc1cccc(N2C(=O)/C(=C\c3ccc(C(C)C)cc3)N=C2SCC(=O)NC(N)=O)c1. The Morgan fingerprint density at radius 3 is 2.56 bits per heavy atom. The average molecular weight is 453 g/mol. The molecule has 1 aliphatic rings. The molecule has 0 unspecified atom stereocenters. The molecule has 0 atom stereocenters. The van der Waals surface area contributed by atoms with Crippen LogP contribution >= 0.6 is 11.8 Å². The van der Waals surface area contributed by atoms with E-state index in [0.29, 0.717) is 22.5 Å². The number of primary amides is 1. The minimum atomic E-state index is -0.935. The number of nitrogens with zero attached hydrogens (tertiary/aromatic N) is 2. The van der Waals surface area contributed by atoms with Crippen molar-refractivity contribution in [1.82, 2.24) is 5.32 Å². The molecule has 3 N–H and O–H groups in total. The summed E-state index contributed by atoms with van der Waals surface area (Å²) in [6, 6.07) is 14.0. The van der Waals surface area contributed by atoms with Crippen LogP contribution in [0.5, 0.6) is 5.75 Å². The molecule has 0 fully saturated rings. The van der Waals surface area contributed by atoms with Crippen LogP contribution in [0.2, 0.25) is 0 Å². The van der Waals surface area contributed by atoms with Crippen molar-refractivity contribution in [2.75, 3.05) is 17.8 Å². The van der Waals surface area contributed by atoms with Gasteiger partial charge in [0, 0.05) is 6.07 Å². The first-order valence-corrected chi connectivity index (χ1v) is 10.9. The van der Waals surface area contributed by atoms with Crippen molar-refractivity contribution in [3.8, 4) is 5.75 Å². The van der Waals surface area contributed by atoms with Gasteiger partial charge < -0.3 is 10.5 Å². The molecule has 0 saturated carbocycles. The third-order valence-corrected chi connectivity index (χ3v) is 5.58. The van der Waals surface area contributed by atoms with Crippen LogP contribution in [0.25, 0.3) is 6.08 Å². The number of thioether (sulfide) groups is 1. The van der Waals surface area contributed by atoms with Gasteiger partial charge >= 0.3 is 6.03 Å². The molecule has 166 valence electrons. The minimum Gasteiger partial charge on any atom is -0.497 e. The summed E-state index contributed by atoms with van der Waals surface area (Å²) in [6.07, 6.45) is 1.71. The number of nitrogens with one attached hydrogen (secondary N) is 1. The molecule has 0 radical (unpaired) electrons. The molecule has 2 aromatic rings. The normalized spacial score (nSPS) is 14.6. The minimum absolute atomic E-state index is 0.133. The lowest BCUT2D eigenvalue weighted by Crippen LogP contribution is -2.37. The number of carbonyl (C=O) groups is 3. The molecule has 0 spiro atoms. The van der Waals surface area contributed by atoms with Crippen molar-refractivity contribution in [1.29, 1.82) is 0 Å². The van der Waals surface area contributed by atoms with E-state index in [0.717, 1.165) is 17.3 Å². The fourth-order valence-corrected chi connectivity index (χ4v) is 3.82. The number of methoxy groups -OCH3 is 1. The van der Waals surface area contributed by atoms with Crippen LogP contribution in [0.1, 0.15) is 30.9 Å². The lowest BCUT2D eigenvalue weighted by molar-refractivity contribution is -0.117. The van der Waals surface area contributed by atoms with Crippen LogP contribution < -0.4 is 20.7 Å². The first-order valence-electron chi connectivity index (χ1n) is 9.89. The van der Waals surface area contributed by atoms with E-state index in [2.05, 4.69) is 18.8 Å². The van der Waals surface area contributed by atoms with Gasteiger partial charge in [0.15, 0.2) is 5.17 Å². The van der Waals surface area contributed by atoms with Crippen LogP contribution in [0, 0.1) is 0 Å². The standard InChI is InChI=1S/C23H24N4O4S/c1-14(2)16-9-7-15(8-10-16)11-19-21(29)27(17-5-4-6-18(12-17)31-3)23(25-19)32-13-20(28)26-22(24)30/h4-12,14H,13H2,1-3H3,(H3,24,26,28,30)/b19-11+. The Balaban J connectivity index is 1.92. The highest BCUT2D eigenvalue weighted by Crippen LogP contribution is 2.31. The summed E-state index contributed by atoms with van der Waals surface area (Å²) in [5.74, 6) is -0.0611. The second kappa shape index (κ2) is 10.1. The predicted molar refractivity (Wildman–Crippen MR) is 127 cm³/mol. The third kappa shape index (κ3) is 5.55. The van der Waals surface area contributed by atoms with Crippen molar-refractivity contribution in [3.63, 3.8) is 0 Å². The van der Waals surface area contributed by atoms with Crippen molar-refractivity contribution in [2.45, 2.75) is 19.8 Å². The summed E-state index contributed by atoms with van der Waals surface area (Å²) in [6.45, 7) is 4.23. The van der Waals surface area contributed by atoms with Crippen LogP contribution in [0.4, 0.5) is 10.5 Å². The number of amides is 4. The maximum Gasteiger partial charge on any atom is 0.318 e. The molecule has 4 amide bonds. The fraction of sp³-hybridized carbons (Fsp3) is 0.217. The van der Waals surface area contributed by atoms with Gasteiger partial charge in [-0.15, -0.1) is 0 Å². The summed E-state index contributed by atoms with van der Waals surface area (Å²) in [7, 11) is 1.54. The van der Waals surface area contributed by atoms with Gasteiger partial charge in [0.2, 0.25) is 5.91 Å². The van der Waals surface area contributed by atoms with Crippen molar-refractivity contribution in [2.24, 2.45) is 10.7 Å². The second-order valence-corrected chi connectivity index (χ2v) is 8.23. The van der Waals surface area contributed by atoms with Crippen LogP contribution in [-0.4, -0.2) is 35.9 Å². The van der Waals surface area contributed by atoms with E-state index in [9.17, 15) is 14.4 Å². The van der Waals surface area contributed by atoms with Crippen LogP contribution in [-0.2, 0) is 9.59 Å². The number of aliphatic imine (C=N–C) groups is 1. The number of anilines is 1. The zero-order chi connectivity index (χ0) is 23.3. The maximum atomic E-state index is 13.2. The summed E-state index contributed by atoms with van der Waals surface area (Å²) in [5.41, 5.74) is 7.81. The zero-order valence-electron chi connectivity index (χ0n) is 18.0. The summed E-state index contributed by atoms with van der Waals surface area (Å²) < 4.78 is 5.27. The lowest BCUT2D eigenvalue weighted by atomic mass is 10.0. The predicted octanol–water partition coefficient (Wildman–Crippen LogP) is 3.49. The number of benzene rings is 2. The molecule has 9 heteroatoms. The Labute approximate surface area is 190 Å². The van der Waals surface area contributed by atoms with E-state index < -0.39 is 11.9 Å². The topological polar surface area (TPSA) is 114 Å². The first kappa shape index (κ1) is 23.1. The second-order valence-electron chi connectivity index (χ2n) is 7.29. The Morgan fingerprint density at radius 1 is 1.22 bits per heavy atom. The smallest absolute Gasteiger partial charge is 0.318 e. The van der Waals surface area contributed by atoms with Gasteiger partial charge in [0.25, 0.3) is 5.91 Å². The molecule has 3 rings (SSSR count). The largest absolute Gasteiger partial charge is 0.497 e. The van der Waals surface area contributed by atoms with Crippen molar-refractivity contribution in [3.05, 3.63) is 65.4 Å². The van der Waals surface area contributed by atoms with E-state index in [1.807, 2.05) is 29.6 Å². The van der Waals surface area contributed by atoms with Crippen LogP contribution in [0.3, 0.4) is 0 Å². The van der Waals surface area contributed by atoms with E-state index in [-0.39, 0.29) is 17.4 Å². The summed E-state index contributed by atoms with van der Waals surface area (Å²) >= 11 is 1.03. The van der Waals surface area contributed by atoms with Gasteiger partial charge in [-0.2, -0.15) is 0 Å². The Morgan fingerprint density at radius 2 is 1.94 bits per heavy atom. The van der Waals surface area contributed by atoms with E-state index in [4.69, 9.17) is 10.5 Å². The molecule has 0 aliphatic carbocycles. The number of ether oxygens (including phenoxy) is 1. The van der Waals surface area contributed by atoms with Crippen molar-refractivity contribution < 1.29 is 19.1 Å². The fourth-order valence-electron chi connectivity index (χ4n) is 3.01. The number of amidine groups is 1. The lowest BCUT2D eigenvalue weighted by Gasteiger charge is -2.18. The van der Waals surface area contributed by atoms with Gasteiger partial charge in [-0.25, -0.2) is 9.79 Å². The highest BCUT2D eigenvalue weighted by atomic mass is 32.2. The Kier molecular flexibility index (Phi) is 7.32. The van der Waals surface area contributed by atoms with Crippen molar-refractivity contribution >= 4 is 46.5 Å². The van der Waals surface area contributed by atoms with Crippen LogP contribution in [0.15, 0.2) is 59.2 Å².